The van der Waals surface area contributed by atoms with E-state index < -0.39 is 22.2 Å². The first-order valence-electron chi connectivity index (χ1n) is 9.73. The number of methoxy groups -OCH3 is 1. The van der Waals surface area contributed by atoms with Crippen LogP contribution in [0.1, 0.15) is 46.5 Å². The molecule has 0 aromatic carbocycles. The quantitative estimate of drug-likeness (QED) is 0.611. The van der Waals surface area contributed by atoms with Gasteiger partial charge in [0.2, 0.25) is 0 Å². The summed E-state index contributed by atoms with van der Waals surface area (Å²) in [6.45, 7) is 6.85. The number of aldehydes is 1. The summed E-state index contributed by atoms with van der Waals surface area (Å²) in [5.74, 6) is 0.684. The third-order valence-electron chi connectivity index (χ3n) is 8.52. The third-order valence-corrected chi connectivity index (χ3v) is 8.52. The zero-order valence-corrected chi connectivity index (χ0v) is 15.7. The van der Waals surface area contributed by atoms with Crippen molar-refractivity contribution in [2.45, 2.75) is 46.5 Å². The number of carboxylic acids is 1. The Kier molecular flexibility index (Phi) is 3.58. The second kappa shape index (κ2) is 5.18. The number of hydrogen-bond acceptors (Lipinski definition) is 3. The molecule has 3 fully saturated rings. The number of hydrogen-bond donors (Lipinski definition) is 1. The number of aliphatic carboxylic acids is 1. The van der Waals surface area contributed by atoms with Crippen molar-refractivity contribution in [3.05, 3.63) is 11.6 Å². The molecular formula is C21H30O4. The molecule has 4 nitrogen and oxygen atoms in total. The molecule has 7 atom stereocenters. The highest BCUT2D eigenvalue weighted by Crippen LogP contribution is 2.82. The fourth-order valence-corrected chi connectivity index (χ4v) is 7.89. The Balaban J connectivity index is 2.02. The highest BCUT2D eigenvalue weighted by Gasteiger charge is 2.84. The average Bonchev–Trinajstić information content (AvgIpc) is 3.12. The van der Waals surface area contributed by atoms with Gasteiger partial charge in [-0.25, -0.2) is 0 Å². The first-order valence-corrected chi connectivity index (χ1v) is 9.73. The Morgan fingerprint density at radius 3 is 2.68 bits per heavy atom. The average molecular weight is 346 g/mol. The summed E-state index contributed by atoms with van der Waals surface area (Å²) >= 11 is 0. The van der Waals surface area contributed by atoms with E-state index in [1.165, 1.54) is 0 Å². The summed E-state index contributed by atoms with van der Waals surface area (Å²) in [4.78, 5) is 25.6. The topological polar surface area (TPSA) is 63.6 Å². The van der Waals surface area contributed by atoms with E-state index in [9.17, 15) is 14.7 Å². The molecule has 138 valence electrons. The molecule has 4 rings (SSSR count). The van der Waals surface area contributed by atoms with Gasteiger partial charge >= 0.3 is 5.97 Å². The molecule has 0 aliphatic heterocycles. The highest BCUT2D eigenvalue weighted by molar-refractivity contribution is 5.90. The summed E-state index contributed by atoms with van der Waals surface area (Å²) in [6.07, 6.45) is 6.94. The van der Waals surface area contributed by atoms with Gasteiger partial charge in [-0.2, -0.15) is 0 Å². The lowest BCUT2D eigenvalue weighted by Crippen LogP contribution is -2.63. The lowest BCUT2D eigenvalue weighted by Gasteiger charge is -2.58. The molecule has 4 aliphatic carbocycles. The van der Waals surface area contributed by atoms with Crippen LogP contribution < -0.4 is 0 Å². The summed E-state index contributed by atoms with van der Waals surface area (Å²) in [5.41, 5.74) is -1.32. The summed E-state index contributed by atoms with van der Waals surface area (Å²) in [5, 5.41) is 10.6. The van der Waals surface area contributed by atoms with E-state index in [4.69, 9.17) is 4.74 Å². The van der Waals surface area contributed by atoms with Crippen molar-refractivity contribution in [3.8, 4) is 0 Å². The van der Waals surface area contributed by atoms with E-state index in [1.807, 2.05) is 0 Å². The maximum atomic E-state index is 13.0. The predicted molar refractivity (Wildman–Crippen MR) is 93.9 cm³/mol. The Hall–Kier alpha value is -1.16. The van der Waals surface area contributed by atoms with Crippen LogP contribution in [0.3, 0.4) is 0 Å². The van der Waals surface area contributed by atoms with Crippen LogP contribution in [0.2, 0.25) is 0 Å². The fourth-order valence-electron chi connectivity index (χ4n) is 7.89. The molecule has 0 heterocycles. The Bertz CT molecular complexity index is 652. The molecule has 0 spiro atoms. The minimum absolute atomic E-state index is 0.132. The number of ether oxygens (including phenoxy) is 1. The first-order chi connectivity index (χ1) is 11.8. The maximum Gasteiger partial charge on any atom is 0.315 e. The van der Waals surface area contributed by atoms with Gasteiger partial charge in [0, 0.05) is 12.5 Å². The van der Waals surface area contributed by atoms with Gasteiger partial charge in [-0.15, -0.1) is 0 Å². The first kappa shape index (κ1) is 17.3. The van der Waals surface area contributed by atoms with Crippen molar-refractivity contribution in [2.24, 2.45) is 45.8 Å². The van der Waals surface area contributed by atoms with Crippen LogP contribution in [0.25, 0.3) is 0 Å². The van der Waals surface area contributed by atoms with Gasteiger partial charge in [-0.1, -0.05) is 38.8 Å². The van der Waals surface area contributed by atoms with Crippen molar-refractivity contribution >= 4 is 12.3 Å². The van der Waals surface area contributed by atoms with Gasteiger partial charge in [0.1, 0.15) is 11.7 Å². The zero-order chi connectivity index (χ0) is 18.2. The number of carboxylic acid groups (broad SMARTS) is 1. The highest BCUT2D eigenvalue weighted by atomic mass is 16.5. The van der Waals surface area contributed by atoms with Crippen molar-refractivity contribution in [1.29, 1.82) is 0 Å². The molecular weight excluding hydrogens is 316 g/mol. The molecule has 0 amide bonds. The Morgan fingerprint density at radius 1 is 1.40 bits per heavy atom. The summed E-state index contributed by atoms with van der Waals surface area (Å²) in [7, 11) is 1.67. The predicted octanol–water partition coefficient (Wildman–Crippen LogP) is 3.56. The van der Waals surface area contributed by atoms with Gasteiger partial charge in [0.25, 0.3) is 0 Å². The number of allylic oxidation sites excluding steroid dienone is 1. The van der Waals surface area contributed by atoms with Gasteiger partial charge in [0.15, 0.2) is 0 Å². The number of fused-ring (bicyclic) bond motifs is 2. The molecule has 4 bridgehead atoms. The minimum Gasteiger partial charge on any atom is -0.481 e. The zero-order valence-electron chi connectivity index (χ0n) is 15.7. The lowest BCUT2D eigenvalue weighted by atomic mass is 9.43. The Labute approximate surface area is 150 Å². The van der Waals surface area contributed by atoms with Crippen molar-refractivity contribution in [1.82, 2.24) is 0 Å². The van der Waals surface area contributed by atoms with Crippen LogP contribution >= 0.6 is 0 Å². The van der Waals surface area contributed by atoms with E-state index in [-0.39, 0.29) is 17.8 Å². The maximum absolute atomic E-state index is 13.0. The molecule has 0 aromatic heterocycles. The third kappa shape index (κ3) is 1.60. The second-order valence-corrected chi connectivity index (χ2v) is 9.42. The minimum atomic E-state index is -1.08. The molecule has 0 unspecified atom stereocenters. The van der Waals surface area contributed by atoms with Crippen LogP contribution in [-0.2, 0) is 14.3 Å². The summed E-state index contributed by atoms with van der Waals surface area (Å²) in [6, 6.07) is 0. The monoisotopic (exact) mass is 346 g/mol. The molecule has 1 N–H and O–H groups in total. The smallest absolute Gasteiger partial charge is 0.315 e. The van der Waals surface area contributed by atoms with Crippen molar-refractivity contribution in [2.75, 3.05) is 13.7 Å². The van der Waals surface area contributed by atoms with Crippen LogP contribution in [-0.4, -0.2) is 31.1 Å². The molecule has 4 aliphatic rings. The SMILES string of the molecule is COC[C@@]12C[C@@H]3[C@H](C)CC[C@H]3[C@@]3(C=O)C[C@@H]1C=C(C(C)C)[C@@]23C(=O)O. The van der Waals surface area contributed by atoms with Gasteiger partial charge in [-0.05, 0) is 48.9 Å². The Morgan fingerprint density at radius 2 is 2.12 bits per heavy atom. The summed E-state index contributed by atoms with van der Waals surface area (Å²) < 4.78 is 5.65. The van der Waals surface area contributed by atoms with E-state index >= 15 is 0 Å². The van der Waals surface area contributed by atoms with E-state index in [0.29, 0.717) is 24.9 Å². The molecule has 3 saturated carbocycles. The second-order valence-electron chi connectivity index (χ2n) is 9.42. The van der Waals surface area contributed by atoms with Crippen LogP contribution in [0.4, 0.5) is 0 Å². The van der Waals surface area contributed by atoms with Crippen LogP contribution in [0.15, 0.2) is 11.6 Å². The molecule has 25 heavy (non-hydrogen) atoms. The molecule has 4 heteroatoms. The van der Waals surface area contributed by atoms with Crippen LogP contribution in [0.5, 0.6) is 0 Å². The van der Waals surface area contributed by atoms with Gasteiger partial charge in [-0.3, -0.25) is 4.79 Å². The van der Waals surface area contributed by atoms with Crippen molar-refractivity contribution in [3.63, 3.8) is 0 Å². The van der Waals surface area contributed by atoms with E-state index in [2.05, 4.69) is 26.8 Å². The standard InChI is InChI=1S/C21H30O4/c1-12(2)17-7-14-8-19(10-22)16-6-5-13(3)15(16)9-20(14,11-25-4)21(17,19)18(23)24/h7,10,12-16H,5-6,8-9,11H2,1-4H3,(H,23,24)/t13-,14+,15-,16-,19+,20+,21+/m1/s1. The molecule has 0 aromatic rings. The van der Waals surface area contributed by atoms with Gasteiger partial charge in [0.05, 0.1) is 12.0 Å². The number of carbonyl (C=O) groups excluding carboxylic acids is 1. The molecule has 0 radical (unpaired) electrons. The van der Waals surface area contributed by atoms with E-state index in [1.54, 1.807) is 7.11 Å². The normalized spacial score (nSPS) is 50.0. The fraction of sp³-hybridized carbons (Fsp3) is 0.810. The number of carbonyl (C=O) groups is 2. The largest absolute Gasteiger partial charge is 0.481 e. The van der Waals surface area contributed by atoms with Gasteiger partial charge < -0.3 is 14.6 Å². The van der Waals surface area contributed by atoms with E-state index in [0.717, 1.165) is 31.1 Å². The number of rotatable bonds is 5. The lowest BCUT2D eigenvalue weighted by molar-refractivity contribution is -0.185. The van der Waals surface area contributed by atoms with Crippen LogP contribution in [0, 0.1) is 45.8 Å². The molecule has 0 saturated heterocycles. The van der Waals surface area contributed by atoms with Crippen molar-refractivity contribution < 1.29 is 19.4 Å².